The van der Waals surface area contributed by atoms with Crippen LogP contribution >= 0.6 is 0 Å². The van der Waals surface area contributed by atoms with Gasteiger partial charge >= 0.3 is 6.36 Å². The topological polar surface area (TPSA) is 76.2 Å². The fourth-order valence-corrected chi connectivity index (χ4v) is 5.21. The van der Waals surface area contributed by atoms with Gasteiger partial charge in [0, 0.05) is 38.2 Å². The molecule has 1 saturated heterocycles. The molecule has 1 fully saturated rings. The third kappa shape index (κ3) is 6.17. The van der Waals surface area contributed by atoms with Crippen molar-refractivity contribution < 1.29 is 35.9 Å². The Bertz CT molecular complexity index is 1070. The van der Waals surface area contributed by atoms with Gasteiger partial charge in [-0.2, -0.15) is 4.31 Å². The number of benzene rings is 2. The molecule has 0 spiro atoms. The van der Waals surface area contributed by atoms with E-state index in [2.05, 4.69) is 4.74 Å². The Kier molecular flexibility index (Phi) is 7.53. The molecule has 33 heavy (non-hydrogen) atoms. The second kappa shape index (κ2) is 10.0. The number of carbonyl (C=O) groups excluding carboxylic acids is 1. The second-order valence-electron chi connectivity index (χ2n) is 7.70. The van der Waals surface area contributed by atoms with Crippen LogP contribution in [-0.2, 0) is 21.4 Å². The summed E-state index contributed by atoms with van der Waals surface area (Å²) in [5.74, 6) is -0.486. The first-order valence-corrected chi connectivity index (χ1v) is 11.7. The molecule has 1 aliphatic rings. The van der Waals surface area contributed by atoms with Crippen molar-refractivity contribution in [3.63, 3.8) is 0 Å². The number of methoxy groups -OCH3 is 1. The standard InChI is InChI=1S/C22H25F3N2O5S/c1-26(15-17-5-3-4-6-20(17)32-22(23,24)25)21(28)16-11-13-27(14-12-16)33(29,30)19-9-7-18(31-2)8-10-19/h3-10,16H,11-15H2,1-2H3. The predicted octanol–water partition coefficient (Wildman–Crippen LogP) is 3.65. The number of hydrogen-bond donors (Lipinski definition) is 0. The molecule has 0 radical (unpaired) electrons. The lowest BCUT2D eigenvalue weighted by Gasteiger charge is -2.32. The summed E-state index contributed by atoms with van der Waals surface area (Å²) in [7, 11) is -0.701. The molecule has 0 N–H and O–H groups in total. The number of alkyl halides is 3. The Morgan fingerprint density at radius 3 is 2.27 bits per heavy atom. The maximum Gasteiger partial charge on any atom is 0.573 e. The van der Waals surface area contributed by atoms with Gasteiger partial charge in [-0.1, -0.05) is 18.2 Å². The molecule has 1 amide bonds. The number of ether oxygens (including phenoxy) is 2. The third-order valence-corrected chi connectivity index (χ3v) is 7.40. The molecular formula is C22H25F3N2O5S. The van der Waals surface area contributed by atoms with Crippen LogP contribution in [0.1, 0.15) is 18.4 Å². The van der Waals surface area contributed by atoms with Crippen LogP contribution in [0, 0.1) is 5.92 Å². The number of piperidine rings is 1. The van der Waals surface area contributed by atoms with Crippen LogP contribution < -0.4 is 9.47 Å². The summed E-state index contributed by atoms with van der Waals surface area (Å²) in [4.78, 5) is 14.4. The Morgan fingerprint density at radius 2 is 1.70 bits per heavy atom. The zero-order valence-electron chi connectivity index (χ0n) is 18.2. The third-order valence-electron chi connectivity index (χ3n) is 5.48. The van der Waals surface area contributed by atoms with Crippen molar-refractivity contribution in [1.82, 2.24) is 9.21 Å². The molecule has 11 heteroatoms. The lowest BCUT2D eigenvalue weighted by molar-refractivity contribution is -0.275. The number of sulfonamides is 1. The highest BCUT2D eigenvalue weighted by Crippen LogP contribution is 2.29. The number of hydrogen-bond acceptors (Lipinski definition) is 5. The molecule has 0 atom stereocenters. The molecular weight excluding hydrogens is 461 g/mol. The summed E-state index contributed by atoms with van der Waals surface area (Å²) in [5.41, 5.74) is 0.227. The smallest absolute Gasteiger partial charge is 0.497 e. The van der Waals surface area contributed by atoms with Gasteiger partial charge in [0.1, 0.15) is 11.5 Å². The summed E-state index contributed by atoms with van der Waals surface area (Å²) in [6.07, 6.45) is -4.20. The lowest BCUT2D eigenvalue weighted by atomic mass is 9.96. The molecule has 2 aromatic carbocycles. The van der Waals surface area contributed by atoms with Crippen LogP contribution in [0.3, 0.4) is 0 Å². The van der Waals surface area contributed by atoms with E-state index in [4.69, 9.17) is 4.74 Å². The Balaban J connectivity index is 1.61. The van der Waals surface area contributed by atoms with Crippen LogP contribution in [-0.4, -0.2) is 57.1 Å². The average Bonchev–Trinajstić information content (AvgIpc) is 2.79. The number of nitrogens with zero attached hydrogens (tertiary/aromatic N) is 2. The van der Waals surface area contributed by atoms with E-state index < -0.39 is 22.3 Å². The summed E-state index contributed by atoms with van der Waals surface area (Å²) in [6, 6.07) is 11.7. The number of halogens is 3. The van der Waals surface area contributed by atoms with Gasteiger partial charge in [-0.3, -0.25) is 4.79 Å². The molecule has 1 aliphatic heterocycles. The molecule has 2 aromatic rings. The van der Waals surface area contributed by atoms with Gasteiger partial charge in [0.25, 0.3) is 0 Å². The van der Waals surface area contributed by atoms with Crippen molar-refractivity contribution in [2.45, 2.75) is 30.6 Å². The maximum absolute atomic E-state index is 12.9. The Hall–Kier alpha value is -2.79. The predicted molar refractivity (Wildman–Crippen MR) is 114 cm³/mol. The van der Waals surface area contributed by atoms with Gasteiger partial charge < -0.3 is 14.4 Å². The number of para-hydroxylation sites is 1. The van der Waals surface area contributed by atoms with Crippen molar-refractivity contribution in [1.29, 1.82) is 0 Å². The summed E-state index contributed by atoms with van der Waals surface area (Å²) in [5, 5.41) is 0. The van der Waals surface area contributed by atoms with Crippen molar-refractivity contribution in [3.05, 3.63) is 54.1 Å². The fourth-order valence-electron chi connectivity index (χ4n) is 3.74. The minimum Gasteiger partial charge on any atom is -0.497 e. The van der Waals surface area contributed by atoms with Crippen LogP contribution in [0.5, 0.6) is 11.5 Å². The zero-order valence-corrected chi connectivity index (χ0v) is 19.0. The van der Waals surface area contributed by atoms with E-state index in [9.17, 15) is 26.4 Å². The molecule has 0 unspecified atom stereocenters. The Labute approximate surface area is 190 Å². The number of rotatable bonds is 7. The summed E-state index contributed by atoms with van der Waals surface area (Å²) >= 11 is 0. The largest absolute Gasteiger partial charge is 0.573 e. The van der Waals surface area contributed by atoms with Crippen molar-refractivity contribution >= 4 is 15.9 Å². The molecule has 0 aliphatic carbocycles. The van der Waals surface area contributed by atoms with E-state index in [-0.39, 0.29) is 41.7 Å². The minimum atomic E-state index is -4.83. The first-order valence-electron chi connectivity index (χ1n) is 10.2. The van der Waals surface area contributed by atoms with E-state index in [1.165, 1.54) is 53.7 Å². The van der Waals surface area contributed by atoms with E-state index in [0.29, 0.717) is 18.6 Å². The average molecular weight is 487 g/mol. The highest BCUT2D eigenvalue weighted by atomic mass is 32.2. The summed E-state index contributed by atoms with van der Waals surface area (Å²) in [6.45, 7) is 0.286. The lowest BCUT2D eigenvalue weighted by Crippen LogP contribution is -2.43. The molecule has 0 aromatic heterocycles. The van der Waals surface area contributed by atoms with Gasteiger partial charge in [0.2, 0.25) is 15.9 Å². The normalized spacial score (nSPS) is 15.8. The first-order chi connectivity index (χ1) is 15.5. The van der Waals surface area contributed by atoms with E-state index >= 15 is 0 Å². The molecule has 1 heterocycles. The SMILES string of the molecule is COc1ccc(S(=O)(=O)N2CCC(C(=O)N(C)Cc3ccccc3OC(F)(F)F)CC2)cc1. The molecule has 3 rings (SSSR count). The quantitative estimate of drug-likeness (QED) is 0.597. The van der Waals surface area contributed by atoms with Gasteiger partial charge in [-0.15, -0.1) is 13.2 Å². The van der Waals surface area contributed by atoms with E-state index in [0.717, 1.165) is 0 Å². The van der Waals surface area contributed by atoms with Crippen LogP contribution in [0.2, 0.25) is 0 Å². The van der Waals surface area contributed by atoms with Gasteiger partial charge in [0.15, 0.2) is 0 Å². The van der Waals surface area contributed by atoms with Gasteiger partial charge in [-0.25, -0.2) is 8.42 Å². The molecule has 7 nitrogen and oxygen atoms in total. The van der Waals surface area contributed by atoms with Crippen molar-refractivity contribution in [3.8, 4) is 11.5 Å². The first kappa shape index (κ1) is 24.8. The van der Waals surface area contributed by atoms with Crippen molar-refractivity contribution in [2.24, 2.45) is 5.92 Å². The molecule has 180 valence electrons. The maximum atomic E-state index is 12.9. The number of carbonyl (C=O) groups is 1. The van der Waals surface area contributed by atoms with Gasteiger partial charge in [0.05, 0.1) is 12.0 Å². The van der Waals surface area contributed by atoms with Crippen LogP contribution in [0.4, 0.5) is 13.2 Å². The molecule has 0 saturated carbocycles. The van der Waals surface area contributed by atoms with E-state index in [1.807, 2.05) is 0 Å². The summed E-state index contributed by atoms with van der Waals surface area (Å²) < 4.78 is 74.1. The fraction of sp³-hybridized carbons (Fsp3) is 0.409. The molecule has 0 bridgehead atoms. The highest BCUT2D eigenvalue weighted by molar-refractivity contribution is 7.89. The van der Waals surface area contributed by atoms with Crippen LogP contribution in [0.15, 0.2) is 53.4 Å². The monoisotopic (exact) mass is 486 g/mol. The van der Waals surface area contributed by atoms with Crippen molar-refractivity contribution in [2.75, 3.05) is 27.2 Å². The minimum absolute atomic E-state index is 0.0601. The zero-order chi connectivity index (χ0) is 24.2. The second-order valence-corrected chi connectivity index (χ2v) is 9.64. The van der Waals surface area contributed by atoms with Crippen LogP contribution in [0.25, 0.3) is 0 Å². The highest BCUT2D eigenvalue weighted by Gasteiger charge is 2.34. The van der Waals surface area contributed by atoms with Gasteiger partial charge in [-0.05, 0) is 43.2 Å². The van der Waals surface area contributed by atoms with E-state index in [1.54, 1.807) is 18.2 Å². The Morgan fingerprint density at radius 1 is 1.09 bits per heavy atom. The number of amides is 1.